The number of ketones is 1. The van der Waals surface area contributed by atoms with Crippen LogP contribution < -0.4 is 10.4 Å². The number of hydrogen-bond donors (Lipinski definition) is 0. The van der Waals surface area contributed by atoms with Crippen molar-refractivity contribution in [1.82, 2.24) is 0 Å². The van der Waals surface area contributed by atoms with E-state index in [9.17, 15) is 9.59 Å². The molecular formula is C19H15ClO4. The molecule has 0 spiro atoms. The Morgan fingerprint density at radius 2 is 1.92 bits per heavy atom. The average molecular weight is 343 g/mol. The topological polar surface area (TPSA) is 56.5 Å². The van der Waals surface area contributed by atoms with Crippen LogP contribution in [-0.4, -0.2) is 12.4 Å². The molecule has 1 aromatic heterocycles. The molecule has 0 aliphatic rings. The molecule has 3 rings (SSSR count). The van der Waals surface area contributed by atoms with E-state index in [0.717, 1.165) is 10.9 Å². The molecule has 0 aliphatic carbocycles. The van der Waals surface area contributed by atoms with E-state index < -0.39 is 5.63 Å². The highest BCUT2D eigenvalue weighted by atomic mass is 35.5. The highest BCUT2D eigenvalue weighted by Gasteiger charge is 2.12. The van der Waals surface area contributed by atoms with E-state index in [4.69, 9.17) is 20.8 Å². The molecule has 0 saturated heterocycles. The van der Waals surface area contributed by atoms with Gasteiger partial charge in [0.1, 0.15) is 11.3 Å². The van der Waals surface area contributed by atoms with Gasteiger partial charge in [0.2, 0.25) is 0 Å². The molecule has 0 amide bonds. The molecule has 122 valence electrons. The molecule has 0 atom stereocenters. The number of carbonyl (C=O) groups excluding carboxylic acids is 1. The first kappa shape index (κ1) is 16.3. The fourth-order valence-corrected chi connectivity index (χ4v) is 2.70. The molecule has 0 unspecified atom stereocenters. The van der Waals surface area contributed by atoms with Crippen LogP contribution in [0.3, 0.4) is 0 Å². The van der Waals surface area contributed by atoms with Crippen molar-refractivity contribution in [1.29, 1.82) is 0 Å². The lowest BCUT2D eigenvalue weighted by atomic mass is 10.1. The van der Waals surface area contributed by atoms with Gasteiger partial charge in [0, 0.05) is 23.1 Å². The first-order valence-corrected chi connectivity index (χ1v) is 7.93. The van der Waals surface area contributed by atoms with E-state index in [-0.39, 0.29) is 12.4 Å². The van der Waals surface area contributed by atoms with Crippen LogP contribution >= 0.6 is 11.6 Å². The van der Waals surface area contributed by atoms with Gasteiger partial charge >= 0.3 is 5.63 Å². The lowest BCUT2D eigenvalue weighted by Crippen LogP contribution is -2.11. The number of fused-ring (bicyclic) bond motifs is 1. The summed E-state index contributed by atoms with van der Waals surface area (Å²) in [7, 11) is 0. The number of Topliss-reactive ketones (excluding diaryl/α,β-unsaturated/α-hetero) is 1. The quantitative estimate of drug-likeness (QED) is 0.513. The lowest BCUT2D eigenvalue weighted by molar-refractivity contribution is 0.0921. The Hall–Kier alpha value is -2.59. The third-order valence-electron chi connectivity index (χ3n) is 3.72. The fourth-order valence-electron chi connectivity index (χ4n) is 2.48. The standard InChI is InChI=1S/C19H15ClO4/c1-2-12-8-19(22)24-17-10-18(15(20)9-14(12)17)23-11-16(21)13-6-4-3-5-7-13/h3-10H,2,11H2,1H3. The first-order valence-electron chi connectivity index (χ1n) is 7.56. The van der Waals surface area contributed by atoms with E-state index in [1.54, 1.807) is 36.4 Å². The largest absolute Gasteiger partial charge is 0.484 e. The normalized spacial score (nSPS) is 10.8. The van der Waals surface area contributed by atoms with Gasteiger partial charge in [-0.05, 0) is 18.1 Å². The number of benzene rings is 2. The third-order valence-corrected chi connectivity index (χ3v) is 4.01. The van der Waals surface area contributed by atoms with Crippen molar-refractivity contribution >= 4 is 28.4 Å². The molecule has 24 heavy (non-hydrogen) atoms. The molecule has 0 radical (unpaired) electrons. The maximum atomic E-state index is 12.1. The molecule has 0 fully saturated rings. The summed E-state index contributed by atoms with van der Waals surface area (Å²) >= 11 is 6.25. The number of halogens is 1. The smallest absolute Gasteiger partial charge is 0.336 e. The summed E-state index contributed by atoms with van der Waals surface area (Å²) in [5.74, 6) is 0.153. The predicted molar refractivity (Wildman–Crippen MR) is 93.1 cm³/mol. The van der Waals surface area contributed by atoms with E-state index in [1.165, 1.54) is 6.07 Å². The summed E-state index contributed by atoms with van der Waals surface area (Å²) in [6, 6.07) is 13.6. The second-order valence-corrected chi connectivity index (χ2v) is 5.71. The second-order valence-electron chi connectivity index (χ2n) is 5.30. The van der Waals surface area contributed by atoms with Crippen molar-refractivity contribution < 1.29 is 13.9 Å². The van der Waals surface area contributed by atoms with Crippen molar-refractivity contribution in [2.24, 2.45) is 0 Å². The Kier molecular flexibility index (Phi) is 4.67. The van der Waals surface area contributed by atoms with Crippen molar-refractivity contribution in [3.05, 3.63) is 75.1 Å². The fraction of sp³-hybridized carbons (Fsp3) is 0.158. The minimum Gasteiger partial charge on any atom is -0.484 e. The number of hydrogen-bond acceptors (Lipinski definition) is 4. The van der Waals surface area contributed by atoms with E-state index in [1.807, 2.05) is 13.0 Å². The zero-order valence-electron chi connectivity index (χ0n) is 13.0. The molecule has 3 aromatic rings. The van der Waals surface area contributed by atoms with Crippen LogP contribution in [0.1, 0.15) is 22.8 Å². The van der Waals surface area contributed by atoms with Crippen LogP contribution in [-0.2, 0) is 6.42 Å². The molecule has 0 aliphatic heterocycles. The summed E-state index contributed by atoms with van der Waals surface area (Å²) in [6.07, 6.45) is 0.686. The van der Waals surface area contributed by atoms with Crippen LogP contribution in [0.5, 0.6) is 5.75 Å². The van der Waals surface area contributed by atoms with Crippen molar-refractivity contribution in [2.75, 3.05) is 6.61 Å². The average Bonchev–Trinajstić information content (AvgIpc) is 2.60. The van der Waals surface area contributed by atoms with Gasteiger partial charge < -0.3 is 9.15 Å². The van der Waals surface area contributed by atoms with Crippen LogP contribution in [0.25, 0.3) is 11.0 Å². The van der Waals surface area contributed by atoms with Crippen molar-refractivity contribution in [3.63, 3.8) is 0 Å². The highest BCUT2D eigenvalue weighted by Crippen LogP contribution is 2.31. The SMILES string of the molecule is CCc1cc(=O)oc2cc(OCC(=O)c3ccccc3)c(Cl)cc12. The first-order chi connectivity index (χ1) is 11.6. The van der Waals surface area contributed by atoms with Gasteiger partial charge in [0.25, 0.3) is 0 Å². The van der Waals surface area contributed by atoms with Crippen LogP contribution in [0.2, 0.25) is 5.02 Å². The zero-order valence-corrected chi connectivity index (χ0v) is 13.8. The van der Waals surface area contributed by atoms with Crippen molar-refractivity contribution in [2.45, 2.75) is 13.3 Å². The van der Waals surface area contributed by atoms with E-state index >= 15 is 0 Å². The maximum absolute atomic E-state index is 12.1. The summed E-state index contributed by atoms with van der Waals surface area (Å²) < 4.78 is 10.7. The van der Waals surface area contributed by atoms with Crippen LogP contribution in [0.4, 0.5) is 0 Å². The molecular weight excluding hydrogens is 328 g/mol. The predicted octanol–water partition coefficient (Wildman–Crippen LogP) is 4.27. The third kappa shape index (κ3) is 3.34. The second kappa shape index (κ2) is 6.89. The Labute approximate surface area is 143 Å². The Morgan fingerprint density at radius 3 is 2.62 bits per heavy atom. The van der Waals surface area contributed by atoms with Gasteiger partial charge in [-0.25, -0.2) is 4.79 Å². The number of ether oxygens (including phenoxy) is 1. The van der Waals surface area contributed by atoms with Crippen molar-refractivity contribution in [3.8, 4) is 5.75 Å². The van der Waals surface area contributed by atoms with Gasteiger partial charge in [-0.2, -0.15) is 0 Å². The van der Waals surface area contributed by atoms with Gasteiger partial charge in [0.15, 0.2) is 12.4 Å². The summed E-state index contributed by atoms with van der Waals surface area (Å²) in [5, 5.41) is 1.13. The Bertz CT molecular complexity index is 945. The lowest BCUT2D eigenvalue weighted by Gasteiger charge is -2.10. The monoisotopic (exact) mass is 342 g/mol. The summed E-state index contributed by atoms with van der Waals surface area (Å²) in [6.45, 7) is 1.80. The molecule has 1 heterocycles. The molecule has 0 saturated carbocycles. The zero-order chi connectivity index (χ0) is 17.1. The molecule has 5 heteroatoms. The van der Waals surface area contributed by atoms with Crippen LogP contribution in [0, 0.1) is 0 Å². The van der Waals surface area contributed by atoms with Gasteiger partial charge in [-0.1, -0.05) is 48.9 Å². The minimum absolute atomic E-state index is 0.146. The Balaban J connectivity index is 1.89. The van der Waals surface area contributed by atoms with E-state index in [2.05, 4.69) is 0 Å². The Morgan fingerprint density at radius 1 is 1.17 bits per heavy atom. The minimum atomic E-state index is -0.423. The molecule has 2 aromatic carbocycles. The van der Waals surface area contributed by atoms with Crippen LogP contribution in [0.15, 0.2) is 57.7 Å². The number of rotatable bonds is 5. The molecule has 0 bridgehead atoms. The van der Waals surface area contributed by atoms with Gasteiger partial charge in [0.05, 0.1) is 5.02 Å². The number of aryl methyl sites for hydroxylation is 1. The maximum Gasteiger partial charge on any atom is 0.336 e. The number of carbonyl (C=O) groups is 1. The highest BCUT2D eigenvalue weighted by molar-refractivity contribution is 6.32. The summed E-state index contributed by atoms with van der Waals surface area (Å²) in [5.41, 5.74) is 1.39. The molecule has 0 N–H and O–H groups in total. The van der Waals surface area contributed by atoms with Gasteiger partial charge in [-0.3, -0.25) is 4.79 Å². The molecule has 4 nitrogen and oxygen atoms in total. The summed E-state index contributed by atoms with van der Waals surface area (Å²) in [4.78, 5) is 23.7. The van der Waals surface area contributed by atoms with E-state index in [0.29, 0.717) is 28.3 Å². The van der Waals surface area contributed by atoms with Gasteiger partial charge in [-0.15, -0.1) is 0 Å².